The van der Waals surface area contributed by atoms with Crippen molar-refractivity contribution in [1.82, 2.24) is 29.1 Å². The third kappa shape index (κ3) is 3.53. The van der Waals surface area contributed by atoms with E-state index in [1.54, 1.807) is 34.6 Å². The predicted octanol–water partition coefficient (Wildman–Crippen LogP) is 4.13. The summed E-state index contributed by atoms with van der Waals surface area (Å²) >= 11 is 1.32. The maximum atomic E-state index is 13.4. The lowest BCUT2D eigenvalue weighted by molar-refractivity contribution is 0.0995. The number of thiazole rings is 1. The van der Waals surface area contributed by atoms with Gasteiger partial charge < -0.3 is 4.57 Å². The average molecular weight is 432 g/mol. The van der Waals surface area contributed by atoms with Crippen LogP contribution in [0.2, 0.25) is 0 Å². The molecule has 5 aromatic rings. The minimum Gasteiger partial charge on any atom is -0.330 e. The fourth-order valence-electron chi connectivity index (χ4n) is 3.46. The number of halogens is 1. The summed E-state index contributed by atoms with van der Waals surface area (Å²) in [5.74, 6) is 0.501. The number of hydrogen-bond acceptors (Lipinski definition) is 6. The van der Waals surface area contributed by atoms with E-state index in [4.69, 9.17) is 5.10 Å². The zero-order valence-corrected chi connectivity index (χ0v) is 17.6. The molecule has 0 atom stereocenters. The van der Waals surface area contributed by atoms with Gasteiger partial charge in [0.25, 0.3) is 0 Å². The number of ketones is 1. The Morgan fingerprint density at radius 3 is 2.68 bits per heavy atom. The van der Waals surface area contributed by atoms with Crippen molar-refractivity contribution < 1.29 is 9.18 Å². The molecule has 0 aliphatic heterocycles. The Hall–Kier alpha value is -3.72. The molecule has 4 heterocycles. The Morgan fingerprint density at radius 1 is 1.13 bits per heavy atom. The maximum absolute atomic E-state index is 13.4. The first-order valence-corrected chi connectivity index (χ1v) is 10.4. The zero-order chi connectivity index (χ0) is 21.5. The van der Waals surface area contributed by atoms with Gasteiger partial charge in [0.15, 0.2) is 11.4 Å². The molecule has 0 bridgehead atoms. The predicted molar refractivity (Wildman–Crippen MR) is 115 cm³/mol. The van der Waals surface area contributed by atoms with E-state index in [1.165, 1.54) is 23.5 Å². The van der Waals surface area contributed by atoms with Crippen LogP contribution >= 0.6 is 11.3 Å². The lowest BCUT2D eigenvalue weighted by atomic mass is 10.1. The second-order valence-electron chi connectivity index (χ2n) is 7.14. The van der Waals surface area contributed by atoms with E-state index in [0.717, 1.165) is 22.8 Å². The quantitative estimate of drug-likeness (QED) is 0.390. The highest BCUT2D eigenvalue weighted by Gasteiger charge is 2.19. The van der Waals surface area contributed by atoms with Gasteiger partial charge in [-0.25, -0.2) is 18.9 Å². The molecule has 0 radical (unpaired) electrons. The van der Waals surface area contributed by atoms with Crippen LogP contribution in [0.15, 0.2) is 54.3 Å². The van der Waals surface area contributed by atoms with E-state index < -0.39 is 0 Å². The van der Waals surface area contributed by atoms with Gasteiger partial charge in [-0.05, 0) is 43.3 Å². The highest BCUT2D eigenvalue weighted by atomic mass is 32.1. The van der Waals surface area contributed by atoms with Gasteiger partial charge in [-0.15, -0.1) is 11.3 Å². The van der Waals surface area contributed by atoms with Crippen molar-refractivity contribution in [3.8, 4) is 22.6 Å². The Balaban J connectivity index is 1.54. The van der Waals surface area contributed by atoms with E-state index in [-0.39, 0.29) is 18.0 Å². The van der Waals surface area contributed by atoms with Crippen LogP contribution in [0, 0.1) is 12.7 Å². The fourth-order valence-corrected chi connectivity index (χ4v) is 4.02. The highest BCUT2D eigenvalue weighted by Crippen LogP contribution is 2.31. The highest BCUT2D eigenvalue weighted by molar-refractivity contribution is 7.11. The van der Waals surface area contributed by atoms with Crippen LogP contribution in [0.3, 0.4) is 0 Å². The van der Waals surface area contributed by atoms with Crippen LogP contribution < -0.4 is 0 Å². The second-order valence-corrected chi connectivity index (χ2v) is 8.03. The lowest BCUT2D eigenvalue weighted by Crippen LogP contribution is -2.01. The van der Waals surface area contributed by atoms with Crippen LogP contribution in [0.5, 0.6) is 0 Å². The molecule has 0 saturated heterocycles. The third-order valence-electron chi connectivity index (χ3n) is 5.10. The molecule has 0 fully saturated rings. The molecule has 0 amide bonds. The first kappa shape index (κ1) is 19.3. The number of carbonyl (C=O) groups excluding carboxylic acids is 1. The molecule has 4 aromatic heterocycles. The van der Waals surface area contributed by atoms with Gasteiger partial charge in [0.1, 0.15) is 17.3 Å². The Labute approximate surface area is 180 Å². The number of aryl methyl sites for hydroxylation is 1. The molecule has 0 aliphatic rings. The van der Waals surface area contributed by atoms with Crippen molar-refractivity contribution in [3.63, 3.8) is 0 Å². The normalized spacial score (nSPS) is 11.3. The van der Waals surface area contributed by atoms with Crippen LogP contribution in [0.1, 0.15) is 21.2 Å². The number of hydrogen-bond donors (Lipinski definition) is 0. The van der Waals surface area contributed by atoms with Crippen molar-refractivity contribution >= 4 is 22.8 Å². The van der Waals surface area contributed by atoms with Crippen LogP contribution in [0.4, 0.5) is 4.39 Å². The van der Waals surface area contributed by atoms with E-state index in [0.29, 0.717) is 21.9 Å². The number of carbonyl (C=O) groups is 1. The molecule has 9 heteroatoms. The molecular formula is C22H17FN6OS. The van der Waals surface area contributed by atoms with E-state index >= 15 is 0 Å². The fraction of sp³-hybridized carbons (Fsp3) is 0.136. The zero-order valence-electron chi connectivity index (χ0n) is 16.8. The number of rotatable bonds is 5. The standard InChI is InChI=1S/C22H17FN6OS/c1-13-25-21(14-3-5-15(23)6-4-14)22(28(13)2)17-7-8-20-26-16(11-29(20)27-17)9-18(30)19-10-24-12-31-19/h3-8,10-12H,9H2,1-2H3. The molecule has 1 aromatic carbocycles. The van der Waals surface area contributed by atoms with Gasteiger partial charge in [-0.1, -0.05) is 0 Å². The molecular weight excluding hydrogens is 415 g/mol. The summed E-state index contributed by atoms with van der Waals surface area (Å²) in [6, 6.07) is 9.99. The summed E-state index contributed by atoms with van der Waals surface area (Å²) < 4.78 is 17.0. The van der Waals surface area contributed by atoms with Crippen molar-refractivity contribution in [2.75, 3.05) is 0 Å². The SMILES string of the molecule is Cc1nc(-c2ccc(F)cc2)c(-c2ccc3nc(CC(=O)c4cncs4)cn3n2)n1C. The van der Waals surface area contributed by atoms with Crippen molar-refractivity contribution in [1.29, 1.82) is 0 Å². The number of aromatic nitrogens is 6. The van der Waals surface area contributed by atoms with Crippen LogP contribution in [-0.4, -0.2) is 34.9 Å². The Morgan fingerprint density at radius 2 is 1.94 bits per heavy atom. The van der Waals surface area contributed by atoms with E-state index in [1.807, 2.05) is 30.7 Å². The van der Waals surface area contributed by atoms with Crippen molar-refractivity contribution in [2.24, 2.45) is 7.05 Å². The van der Waals surface area contributed by atoms with Crippen LogP contribution in [0.25, 0.3) is 28.3 Å². The Kier molecular flexibility index (Phi) is 4.67. The molecule has 0 aliphatic carbocycles. The number of benzene rings is 1. The first-order chi connectivity index (χ1) is 15.0. The number of imidazole rings is 2. The molecule has 0 unspecified atom stereocenters. The minimum absolute atomic E-state index is 0.0213. The molecule has 0 spiro atoms. The number of nitrogens with zero attached hydrogens (tertiary/aromatic N) is 6. The lowest BCUT2D eigenvalue weighted by Gasteiger charge is -2.07. The summed E-state index contributed by atoms with van der Waals surface area (Å²) in [7, 11) is 1.92. The summed E-state index contributed by atoms with van der Waals surface area (Å²) in [6.07, 6.45) is 3.52. The molecule has 31 heavy (non-hydrogen) atoms. The second kappa shape index (κ2) is 7.51. The molecule has 154 valence electrons. The third-order valence-corrected chi connectivity index (χ3v) is 5.91. The van der Waals surface area contributed by atoms with Gasteiger partial charge in [-0.3, -0.25) is 9.78 Å². The maximum Gasteiger partial charge on any atom is 0.180 e. The van der Waals surface area contributed by atoms with Crippen molar-refractivity contribution in [2.45, 2.75) is 13.3 Å². The first-order valence-electron chi connectivity index (χ1n) is 9.56. The van der Waals surface area contributed by atoms with Gasteiger partial charge >= 0.3 is 0 Å². The van der Waals surface area contributed by atoms with Gasteiger partial charge in [-0.2, -0.15) is 5.10 Å². The summed E-state index contributed by atoms with van der Waals surface area (Å²) in [4.78, 5) is 26.1. The van der Waals surface area contributed by atoms with Gasteiger partial charge in [0, 0.05) is 18.8 Å². The number of fused-ring (bicyclic) bond motifs is 1. The van der Waals surface area contributed by atoms with E-state index in [2.05, 4.69) is 15.0 Å². The van der Waals surface area contributed by atoms with E-state index in [9.17, 15) is 9.18 Å². The Bertz CT molecular complexity index is 1400. The molecule has 0 N–H and O–H groups in total. The summed E-state index contributed by atoms with van der Waals surface area (Å²) in [5, 5.41) is 4.71. The van der Waals surface area contributed by atoms with Crippen LogP contribution in [-0.2, 0) is 13.5 Å². The minimum atomic E-state index is -0.295. The molecule has 0 saturated carbocycles. The summed E-state index contributed by atoms with van der Waals surface area (Å²) in [6.45, 7) is 1.91. The topological polar surface area (TPSA) is 78.0 Å². The molecule has 7 nitrogen and oxygen atoms in total. The van der Waals surface area contributed by atoms with Gasteiger partial charge in [0.2, 0.25) is 0 Å². The molecule has 5 rings (SSSR count). The largest absolute Gasteiger partial charge is 0.330 e. The monoisotopic (exact) mass is 432 g/mol. The van der Waals surface area contributed by atoms with Crippen molar-refractivity contribution in [3.05, 3.63) is 76.5 Å². The van der Waals surface area contributed by atoms with Gasteiger partial charge in [0.05, 0.1) is 40.1 Å². The summed E-state index contributed by atoms with van der Waals surface area (Å²) in [5.41, 5.74) is 5.99. The smallest absolute Gasteiger partial charge is 0.180 e. The average Bonchev–Trinajstić information content (AvgIpc) is 3.48. The number of Topliss-reactive ketones (excluding diaryl/α,β-unsaturated/α-hetero) is 1.